The Kier molecular flexibility index (Phi) is 7.02. The van der Waals surface area contributed by atoms with Crippen molar-refractivity contribution in [1.29, 1.82) is 0 Å². The lowest BCUT2D eigenvalue weighted by Crippen LogP contribution is -2.20. The van der Waals surface area contributed by atoms with Gasteiger partial charge in [-0.1, -0.05) is 36.9 Å². The molecule has 9 nitrogen and oxygen atoms in total. The summed E-state index contributed by atoms with van der Waals surface area (Å²) in [6, 6.07) is 12.7. The molecule has 0 bridgehead atoms. The van der Waals surface area contributed by atoms with Gasteiger partial charge in [0.05, 0.1) is 11.4 Å². The highest BCUT2D eigenvalue weighted by molar-refractivity contribution is 5.98. The van der Waals surface area contributed by atoms with Gasteiger partial charge in [-0.05, 0) is 42.5 Å². The molecule has 0 aliphatic rings. The molecule has 3 rings (SSSR count). The summed E-state index contributed by atoms with van der Waals surface area (Å²) in [6.45, 7) is 3.35. The number of carboxylic acids is 2. The molecule has 6 N–H and O–H groups in total. The third-order valence-corrected chi connectivity index (χ3v) is 5.36. The molecule has 9 heteroatoms. The quantitative estimate of drug-likeness (QED) is 0.269. The van der Waals surface area contributed by atoms with Crippen molar-refractivity contribution >= 4 is 40.4 Å². The predicted octanol–water partition coefficient (Wildman–Crippen LogP) is 2.88. The smallest absolute Gasteiger partial charge is 0.330 e. The number of nitrogens with two attached hydrogens (primary N) is 2. The van der Waals surface area contributed by atoms with E-state index in [0.717, 1.165) is 22.9 Å². The summed E-state index contributed by atoms with van der Waals surface area (Å²) in [4.78, 5) is 43.0. The maximum Gasteiger partial charge on any atom is 0.330 e. The summed E-state index contributed by atoms with van der Waals surface area (Å²) in [5, 5.41) is 19.0. The number of aromatic nitrogens is 2. The summed E-state index contributed by atoms with van der Waals surface area (Å²) in [6.07, 6.45) is 0.853. The number of hydrogen-bond acceptors (Lipinski definition) is 7. The Labute approximate surface area is 189 Å². The number of fused-ring (bicyclic) bond motifs is 1. The molecular formula is C24H24N4O5. The van der Waals surface area contributed by atoms with Crippen LogP contribution >= 0.6 is 0 Å². The molecule has 3 aromatic rings. The van der Waals surface area contributed by atoms with Gasteiger partial charge >= 0.3 is 11.9 Å². The van der Waals surface area contributed by atoms with Crippen LogP contribution in [-0.4, -0.2) is 37.9 Å². The van der Waals surface area contributed by atoms with Gasteiger partial charge in [0.2, 0.25) is 5.95 Å². The fourth-order valence-corrected chi connectivity index (χ4v) is 3.49. The van der Waals surface area contributed by atoms with Crippen molar-refractivity contribution in [2.45, 2.75) is 25.7 Å². The number of aryl methyl sites for hydroxylation is 2. The van der Waals surface area contributed by atoms with Crippen LogP contribution < -0.4 is 11.5 Å². The summed E-state index contributed by atoms with van der Waals surface area (Å²) < 4.78 is 0. The van der Waals surface area contributed by atoms with Gasteiger partial charge in [-0.3, -0.25) is 9.59 Å². The summed E-state index contributed by atoms with van der Waals surface area (Å²) >= 11 is 0. The van der Waals surface area contributed by atoms with Gasteiger partial charge in [0, 0.05) is 22.9 Å². The highest BCUT2D eigenvalue weighted by Crippen LogP contribution is 2.22. The number of aliphatic carboxylic acids is 2. The molecule has 1 aromatic heterocycles. The second kappa shape index (κ2) is 9.90. The Balaban J connectivity index is 1.63. The first kappa shape index (κ1) is 23.4. The minimum absolute atomic E-state index is 0.129. The second-order valence-electron chi connectivity index (χ2n) is 7.79. The van der Waals surface area contributed by atoms with Crippen LogP contribution in [0.2, 0.25) is 0 Å². The first-order valence-electron chi connectivity index (χ1n) is 10.2. The van der Waals surface area contributed by atoms with Gasteiger partial charge in [-0.15, -0.1) is 0 Å². The van der Waals surface area contributed by atoms with E-state index in [1.807, 2.05) is 30.3 Å². The van der Waals surface area contributed by atoms with Crippen molar-refractivity contribution in [1.82, 2.24) is 9.97 Å². The predicted molar refractivity (Wildman–Crippen MR) is 124 cm³/mol. The lowest BCUT2D eigenvalue weighted by atomic mass is 9.92. The molecule has 0 radical (unpaired) electrons. The number of nitrogens with zero attached hydrogens (tertiary/aromatic N) is 2. The molecule has 1 unspecified atom stereocenters. The molecule has 0 aliphatic carbocycles. The minimum atomic E-state index is -1.27. The number of rotatable bonds is 10. The van der Waals surface area contributed by atoms with E-state index in [1.165, 1.54) is 0 Å². The molecule has 1 heterocycles. The van der Waals surface area contributed by atoms with Crippen molar-refractivity contribution in [2.75, 3.05) is 11.5 Å². The minimum Gasteiger partial charge on any atom is -0.481 e. The monoisotopic (exact) mass is 448 g/mol. The Morgan fingerprint density at radius 2 is 1.55 bits per heavy atom. The SMILES string of the molecule is C=C(CC(CC(=O)c1ccc(CCc2ccc3nc(N)nc(N)c3c2)cc1)C(=O)O)C(=O)O. The average molecular weight is 448 g/mol. The maximum atomic E-state index is 12.5. The van der Waals surface area contributed by atoms with E-state index in [9.17, 15) is 19.5 Å². The zero-order valence-electron chi connectivity index (χ0n) is 17.8. The second-order valence-corrected chi connectivity index (χ2v) is 7.79. The molecular weight excluding hydrogens is 424 g/mol. The lowest BCUT2D eigenvalue weighted by Gasteiger charge is -2.12. The van der Waals surface area contributed by atoms with Crippen LogP contribution in [0.4, 0.5) is 11.8 Å². The van der Waals surface area contributed by atoms with E-state index < -0.39 is 17.9 Å². The molecule has 0 spiro atoms. The zero-order chi connectivity index (χ0) is 24.1. The number of carboxylic acid groups (broad SMARTS) is 2. The number of carbonyl (C=O) groups excluding carboxylic acids is 1. The van der Waals surface area contributed by atoms with Crippen molar-refractivity contribution in [3.05, 3.63) is 71.3 Å². The van der Waals surface area contributed by atoms with Crippen LogP contribution in [0.25, 0.3) is 10.9 Å². The number of benzene rings is 2. The fraction of sp³-hybridized carbons (Fsp3) is 0.208. The van der Waals surface area contributed by atoms with Crippen molar-refractivity contribution in [2.24, 2.45) is 5.92 Å². The molecule has 0 saturated heterocycles. The standard InChI is InChI=1S/C24H24N4O5/c1-13(22(30)31)10-17(23(32)33)12-20(29)16-7-4-14(5-8-16)2-3-15-6-9-19-18(11-15)21(25)28-24(26)27-19/h4-9,11,17H,1-3,10,12H2,(H,30,31)(H,32,33)(H4,25,26,27,28). The molecule has 0 amide bonds. The number of anilines is 2. The van der Waals surface area contributed by atoms with Gasteiger partial charge in [0.1, 0.15) is 5.82 Å². The fourth-order valence-electron chi connectivity index (χ4n) is 3.49. The highest BCUT2D eigenvalue weighted by Gasteiger charge is 2.24. The highest BCUT2D eigenvalue weighted by atomic mass is 16.4. The molecule has 0 saturated carbocycles. The number of ketones is 1. The van der Waals surface area contributed by atoms with Gasteiger partial charge < -0.3 is 21.7 Å². The van der Waals surface area contributed by atoms with Crippen molar-refractivity contribution in [3.63, 3.8) is 0 Å². The molecule has 33 heavy (non-hydrogen) atoms. The van der Waals surface area contributed by atoms with Crippen LogP contribution in [0.5, 0.6) is 0 Å². The Hall–Kier alpha value is -4.27. The van der Waals surface area contributed by atoms with E-state index in [4.69, 9.17) is 16.6 Å². The van der Waals surface area contributed by atoms with Gasteiger partial charge in [0.15, 0.2) is 5.78 Å². The van der Waals surface area contributed by atoms with Gasteiger partial charge in [-0.2, -0.15) is 4.98 Å². The van der Waals surface area contributed by atoms with E-state index in [1.54, 1.807) is 12.1 Å². The van der Waals surface area contributed by atoms with Crippen LogP contribution in [-0.2, 0) is 22.4 Å². The van der Waals surface area contributed by atoms with E-state index >= 15 is 0 Å². The topological polar surface area (TPSA) is 169 Å². The Morgan fingerprint density at radius 3 is 2.18 bits per heavy atom. The van der Waals surface area contributed by atoms with Gasteiger partial charge in [-0.25, -0.2) is 9.78 Å². The molecule has 170 valence electrons. The summed E-state index contributed by atoms with van der Waals surface area (Å²) in [5.74, 6) is -3.55. The molecule has 0 aliphatic heterocycles. The number of hydrogen-bond donors (Lipinski definition) is 4. The first-order chi connectivity index (χ1) is 15.6. The molecule has 0 fully saturated rings. The maximum absolute atomic E-state index is 12.5. The number of carbonyl (C=O) groups is 3. The van der Waals surface area contributed by atoms with Crippen molar-refractivity contribution < 1.29 is 24.6 Å². The van der Waals surface area contributed by atoms with Gasteiger partial charge in [0.25, 0.3) is 0 Å². The third-order valence-electron chi connectivity index (χ3n) is 5.36. The molecule has 2 aromatic carbocycles. The van der Waals surface area contributed by atoms with Crippen LogP contribution in [0.3, 0.4) is 0 Å². The lowest BCUT2D eigenvalue weighted by molar-refractivity contribution is -0.141. The number of nitrogen functional groups attached to an aromatic ring is 2. The first-order valence-corrected chi connectivity index (χ1v) is 10.2. The van der Waals surface area contributed by atoms with E-state index in [-0.39, 0.29) is 30.1 Å². The average Bonchev–Trinajstić information content (AvgIpc) is 2.77. The zero-order valence-corrected chi connectivity index (χ0v) is 17.8. The van der Waals surface area contributed by atoms with E-state index in [2.05, 4.69) is 16.5 Å². The molecule has 1 atom stereocenters. The third kappa shape index (κ3) is 5.91. The number of Topliss-reactive ketones (excluding diaryl/α,β-unsaturated/α-hetero) is 1. The van der Waals surface area contributed by atoms with Crippen molar-refractivity contribution in [3.8, 4) is 0 Å². The summed E-state index contributed by atoms with van der Waals surface area (Å²) in [7, 11) is 0. The Morgan fingerprint density at radius 1 is 0.909 bits per heavy atom. The van der Waals surface area contributed by atoms with E-state index in [0.29, 0.717) is 23.3 Å². The normalized spacial score (nSPS) is 11.8. The van der Waals surface area contributed by atoms with Crippen LogP contribution in [0.15, 0.2) is 54.6 Å². The summed E-state index contributed by atoms with van der Waals surface area (Å²) in [5.41, 5.74) is 14.4. The van der Waals surface area contributed by atoms with Crippen LogP contribution in [0, 0.1) is 5.92 Å². The van der Waals surface area contributed by atoms with Crippen LogP contribution in [0.1, 0.15) is 34.3 Å². The largest absolute Gasteiger partial charge is 0.481 e. The Bertz CT molecular complexity index is 1240.